The monoisotopic (exact) mass is 1060 g/mol. The lowest BCUT2D eigenvalue weighted by atomic mass is 10.1. The van der Waals surface area contributed by atoms with E-state index < -0.39 is 48.2 Å². The summed E-state index contributed by atoms with van der Waals surface area (Å²) in [7, 11) is -9.41. The number of phenols is 1. The summed E-state index contributed by atoms with van der Waals surface area (Å²) in [5.41, 5.74) is 0.768. The molecule has 26 nitrogen and oxygen atoms in total. The molecule has 0 saturated carbocycles. The molecule has 32 heteroatoms. The molecule has 0 radical (unpaired) electrons. The average Bonchev–Trinajstić information content (AvgIpc) is 3.93. The van der Waals surface area contributed by atoms with Gasteiger partial charge in [-0.25, -0.2) is 15.5 Å². The molecule has 6 N–H and O–H groups in total. The zero-order valence-electron chi connectivity index (χ0n) is 35.0. The third kappa shape index (κ3) is 12.1. The van der Waals surface area contributed by atoms with E-state index in [2.05, 4.69) is 64.6 Å². The van der Waals surface area contributed by atoms with Crippen molar-refractivity contribution in [1.82, 2.24) is 19.6 Å². The van der Waals surface area contributed by atoms with Crippen molar-refractivity contribution in [3.63, 3.8) is 0 Å². The van der Waals surface area contributed by atoms with Gasteiger partial charge in [0.2, 0.25) is 5.88 Å². The minimum atomic E-state index is -5.08. The highest BCUT2D eigenvalue weighted by atomic mass is 32.2. The third-order valence-electron chi connectivity index (χ3n) is 9.32. The largest absolute Gasteiger partial charge is 0.505 e. The van der Waals surface area contributed by atoms with Crippen molar-refractivity contribution < 1.29 is 70.1 Å². The van der Waals surface area contributed by atoms with Gasteiger partial charge in [-0.15, -0.1) is 49.6 Å². The zero-order chi connectivity index (χ0) is 49.5. The van der Waals surface area contributed by atoms with Crippen LogP contribution >= 0.6 is 47.2 Å². The normalized spacial score (nSPS) is 12.5. The molecule has 0 atom stereocenters. The van der Waals surface area contributed by atoms with Crippen LogP contribution in [-0.4, -0.2) is 90.1 Å². The number of azo groups is 3. The number of ether oxygens (including phenoxy) is 1. The quantitative estimate of drug-likeness (QED) is 0.00740. The van der Waals surface area contributed by atoms with E-state index in [1.54, 1.807) is 31.2 Å². The summed E-state index contributed by atoms with van der Waals surface area (Å²) in [5, 5.41) is 91.0. The molecule has 0 amide bonds. The summed E-state index contributed by atoms with van der Waals surface area (Å²) in [6.45, 7) is 2.88. The first-order valence-electron chi connectivity index (χ1n) is 19.0. The molecular formula is C37H31N11O15S6. The van der Waals surface area contributed by atoms with E-state index in [0.29, 0.717) is 44.5 Å². The number of hydrogen-bond acceptors (Lipinski definition) is 27. The number of aryl methyl sites for hydroxylation is 1. The fourth-order valence-corrected chi connectivity index (χ4v) is 10.0. The Labute approximate surface area is 405 Å². The minimum Gasteiger partial charge on any atom is -0.505 e. The maximum atomic E-state index is 12.8. The van der Waals surface area contributed by atoms with Crippen molar-refractivity contribution in [2.45, 2.75) is 34.4 Å². The molecule has 0 bridgehead atoms. The van der Waals surface area contributed by atoms with Crippen molar-refractivity contribution >= 4 is 128 Å². The zero-order valence-corrected chi connectivity index (χ0v) is 39.9. The smallest absolute Gasteiger partial charge is 0.296 e. The Morgan fingerprint density at radius 1 is 0.855 bits per heavy atom. The fourth-order valence-electron chi connectivity index (χ4n) is 6.29. The van der Waals surface area contributed by atoms with Gasteiger partial charge in [0.15, 0.2) is 21.4 Å². The SMILES string of the molecule is Cc1cc(N=Nc2c(SOOO)cc3cc(S(=O)(=O)O)c(N=Nc4c(C)c(C#N)c5nc6ccccc6n5c4O)cc3c2O)c(OCCCS(=O)(=O)O)cc1N=Nc1nnc(SCCSOOO)s1. The number of benzene rings is 4. The van der Waals surface area contributed by atoms with Crippen LogP contribution in [0.3, 0.4) is 0 Å². The average molecular weight is 1060 g/mol. The van der Waals surface area contributed by atoms with Crippen molar-refractivity contribution in [3.8, 4) is 23.4 Å². The Morgan fingerprint density at radius 2 is 1.59 bits per heavy atom. The molecule has 7 aromatic rings. The number of imidazole rings is 1. The summed E-state index contributed by atoms with van der Waals surface area (Å²) in [4.78, 5) is 3.54. The molecule has 7 rings (SSSR count). The summed E-state index contributed by atoms with van der Waals surface area (Å²) in [6, 6.07) is 14.9. The number of nitrogens with zero attached hydrogens (tertiary/aromatic N) is 11. The summed E-state index contributed by atoms with van der Waals surface area (Å²) >= 11 is 3.68. The highest BCUT2D eigenvalue weighted by molar-refractivity contribution is 8.02. The number of thioether (sulfide) groups is 1. The van der Waals surface area contributed by atoms with Crippen LogP contribution in [0.2, 0.25) is 0 Å². The van der Waals surface area contributed by atoms with Crippen molar-refractivity contribution in [2.75, 3.05) is 23.9 Å². The molecule has 0 saturated heterocycles. The van der Waals surface area contributed by atoms with E-state index in [1.807, 2.05) is 6.07 Å². The second-order valence-corrected chi connectivity index (χ2v) is 20.5. The fraction of sp³-hybridized carbons (Fsp3) is 0.189. The van der Waals surface area contributed by atoms with Gasteiger partial charge in [-0.1, -0.05) is 45.3 Å². The van der Waals surface area contributed by atoms with E-state index in [9.17, 15) is 41.4 Å². The van der Waals surface area contributed by atoms with Gasteiger partial charge in [0.1, 0.15) is 39.3 Å². The summed E-state index contributed by atoms with van der Waals surface area (Å²) < 4.78 is 84.6. The lowest BCUT2D eigenvalue weighted by molar-refractivity contribution is -0.432. The van der Waals surface area contributed by atoms with E-state index >= 15 is 0 Å². The number of rotatable bonds is 21. The van der Waals surface area contributed by atoms with E-state index in [0.717, 1.165) is 35.5 Å². The number of fused-ring (bicyclic) bond motifs is 4. The van der Waals surface area contributed by atoms with Crippen LogP contribution < -0.4 is 4.74 Å². The van der Waals surface area contributed by atoms with Gasteiger partial charge < -0.3 is 14.9 Å². The summed E-state index contributed by atoms with van der Waals surface area (Å²) in [6.07, 6.45) is -0.146. The highest BCUT2D eigenvalue weighted by Gasteiger charge is 2.24. The molecule has 0 fully saturated rings. The van der Waals surface area contributed by atoms with Crippen LogP contribution in [0.5, 0.6) is 17.4 Å². The number of phenolic OH excluding ortho intramolecular Hbond substituents is 1. The molecule has 0 aliphatic heterocycles. The topological polar surface area (TPSA) is 377 Å². The van der Waals surface area contributed by atoms with Crippen LogP contribution in [0.4, 0.5) is 33.6 Å². The van der Waals surface area contributed by atoms with E-state index in [4.69, 9.17) is 15.3 Å². The molecule has 360 valence electrons. The van der Waals surface area contributed by atoms with E-state index in [-0.39, 0.29) is 79.1 Å². The molecule has 0 aliphatic carbocycles. The minimum absolute atomic E-state index is 0.00175. The van der Waals surface area contributed by atoms with Gasteiger partial charge in [0.25, 0.3) is 25.4 Å². The van der Waals surface area contributed by atoms with Crippen molar-refractivity contribution in [3.05, 3.63) is 71.3 Å². The van der Waals surface area contributed by atoms with Crippen molar-refractivity contribution in [1.29, 1.82) is 5.26 Å². The first-order valence-corrected chi connectivity index (χ1v) is 25.5. The van der Waals surface area contributed by atoms with Crippen LogP contribution in [0, 0.1) is 25.2 Å². The Morgan fingerprint density at radius 3 is 2.33 bits per heavy atom. The van der Waals surface area contributed by atoms with Gasteiger partial charge in [-0.3, -0.25) is 13.5 Å². The number of para-hydroxylation sites is 2. The van der Waals surface area contributed by atoms with Crippen LogP contribution in [-0.2, 0) is 39.0 Å². The summed E-state index contributed by atoms with van der Waals surface area (Å²) in [5.74, 6) is -0.811. The Hall–Kier alpha value is -6.03. The first-order chi connectivity index (χ1) is 33.0. The van der Waals surface area contributed by atoms with Gasteiger partial charge in [0.05, 0.1) is 46.0 Å². The molecule has 3 aromatic heterocycles. The maximum absolute atomic E-state index is 12.8. The van der Waals surface area contributed by atoms with Crippen LogP contribution in [0.1, 0.15) is 23.1 Å². The predicted octanol–water partition coefficient (Wildman–Crippen LogP) is 10.1. The Balaban J connectivity index is 1.28. The van der Waals surface area contributed by atoms with Gasteiger partial charge >= 0.3 is 0 Å². The number of aromatic hydroxyl groups is 2. The number of pyridine rings is 1. The van der Waals surface area contributed by atoms with Crippen LogP contribution in [0.25, 0.3) is 27.5 Å². The van der Waals surface area contributed by atoms with Gasteiger partial charge in [-0.2, -0.15) is 22.1 Å². The second-order valence-electron chi connectivity index (χ2n) is 13.7. The predicted molar refractivity (Wildman–Crippen MR) is 248 cm³/mol. The van der Waals surface area contributed by atoms with Crippen LogP contribution in [0.15, 0.2) is 99.4 Å². The van der Waals surface area contributed by atoms with Gasteiger partial charge in [0, 0.05) is 40.6 Å². The first kappa shape index (κ1) is 50.8. The number of nitriles is 1. The third-order valence-corrected chi connectivity index (χ3v) is 14.4. The Kier molecular flexibility index (Phi) is 16.3. The molecule has 3 heterocycles. The second kappa shape index (κ2) is 22.2. The molecule has 4 aromatic carbocycles. The standard InChI is InChI=1S/C37H31N11O15S6/c1-18-12-25(28(59-8-5-11-68(53,54)55)16-24(18)40-45-36-46-47-37(66-36)64-9-10-65-62-60-51)41-44-32-29(67-63-61-52)13-20-14-30(69(56,57)58)26(15-21(20)33(32)49)42-43-31-19(2)22(17-38)34-39-23-6-3-4-7-27(23)48(34)35(31)50/h3-4,6-7,12-16,49-52H,5,8-11H2,1-2H3,(H,53,54,55)(H,56,57,58). The number of hydrogen-bond donors (Lipinski definition) is 6. The maximum Gasteiger partial charge on any atom is 0.296 e. The Bertz CT molecular complexity index is 3460. The van der Waals surface area contributed by atoms with Gasteiger partial charge in [-0.05, 0) is 67.6 Å². The lowest BCUT2D eigenvalue weighted by Crippen LogP contribution is -2.08. The molecule has 0 aliphatic rings. The van der Waals surface area contributed by atoms with Crippen molar-refractivity contribution in [2.24, 2.45) is 30.7 Å². The highest BCUT2D eigenvalue weighted by Crippen LogP contribution is 2.48. The molecule has 0 unspecified atom stereocenters. The number of aromatic nitrogens is 4. The molecule has 0 spiro atoms. The molecule has 69 heavy (non-hydrogen) atoms. The molecular weight excluding hydrogens is 1030 g/mol. The van der Waals surface area contributed by atoms with E-state index in [1.165, 1.54) is 41.3 Å². The lowest BCUT2D eigenvalue weighted by Gasteiger charge is -2.13.